The van der Waals surface area contributed by atoms with Crippen molar-refractivity contribution in [1.29, 1.82) is 0 Å². The number of rotatable bonds is 4. The van der Waals surface area contributed by atoms with Crippen molar-refractivity contribution in [1.82, 2.24) is 4.90 Å². The number of thioether (sulfide) groups is 1. The molecule has 0 saturated carbocycles. The lowest BCUT2D eigenvalue weighted by Gasteiger charge is -2.15. The highest BCUT2D eigenvalue weighted by molar-refractivity contribution is 7.99. The first-order valence-corrected chi connectivity index (χ1v) is 7.34. The van der Waals surface area contributed by atoms with Crippen LogP contribution < -0.4 is 0 Å². The summed E-state index contributed by atoms with van der Waals surface area (Å²) in [7, 11) is 1.80. The van der Waals surface area contributed by atoms with E-state index in [-0.39, 0.29) is 12.5 Å². The van der Waals surface area contributed by atoms with Crippen molar-refractivity contribution in [3.63, 3.8) is 0 Å². The standard InChI is InChI=1S/C12H15NO2S2/c1-13(12(15)9-16-2)7-11-6-10(8-17-11)4-3-5-14/h6,8,14H,5,7,9H2,1-2H3. The van der Waals surface area contributed by atoms with Gasteiger partial charge in [0, 0.05) is 22.9 Å². The molecule has 1 aromatic rings. The lowest BCUT2D eigenvalue weighted by atomic mass is 10.3. The van der Waals surface area contributed by atoms with Crippen molar-refractivity contribution < 1.29 is 9.90 Å². The highest BCUT2D eigenvalue weighted by atomic mass is 32.2. The average Bonchev–Trinajstić information content (AvgIpc) is 2.74. The third kappa shape index (κ3) is 4.82. The van der Waals surface area contributed by atoms with E-state index in [0.717, 1.165) is 10.4 Å². The van der Waals surface area contributed by atoms with Gasteiger partial charge in [-0.1, -0.05) is 11.8 Å². The van der Waals surface area contributed by atoms with E-state index in [2.05, 4.69) is 11.8 Å². The van der Waals surface area contributed by atoms with Gasteiger partial charge in [-0.05, 0) is 12.3 Å². The Morgan fingerprint density at radius 1 is 1.65 bits per heavy atom. The molecule has 1 N–H and O–H groups in total. The highest BCUT2D eigenvalue weighted by Gasteiger charge is 2.09. The summed E-state index contributed by atoms with van der Waals surface area (Å²) in [5.74, 6) is 6.09. The summed E-state index contributed by atoms with van der Waals surface area (Å²) in [5.41, 5.74) is 0.893. The van der Waals surface area contributed by atoms with Gasteiger partial charge in [0.15, 0.2) is 0 Å². The van der Waals surface area contributed by atoms with E-state index < -0.39 is 0 Å². The minimum Gasteiger partial charge on any atom is -0.384 e. The topological polar surface area (TPSA) is 40.5 Å². The van der Waals surface area contributed by atoms with Crippen LogP contribution in [0.4, 0.5) is 0 Å². The summed E-state index contributed by atoms with van der Waals surface area (Å²) < 4.78 is 0. The van der Waals surface area contributed by atoms with Gasteiger partial charge in [-0.15, -0.1) is 11.3 Å². The first kappa shape index (κ1) is 14.1. The van der Waals surface area contributed by atoms with Crippen LogP contribution in [0.2, 0.25) is 0 Å². The van der Waals surface area contributed by atoms with Gasteiger partial charge in [-0.3, -0.25) is 4.79 Å². The molecule has 1 rings (SSSR count). The van der Waals surface area contributed by atoms with E-state index in [1.807, 2.05) is 17.7 Å². The Labute approximate surface area is 110 Å². The number of hydrogen-bond donors (Lipinski definition) is 1. The molecule has 0 atom stereocenters. The molecule has 0 fully saturated rings. The molecule has 0 aliphatic heterocycles. The number of carbonyl (C=O) groups excluding carboxylic acids is 1. The zero-order chi connectivity index (χ0) is 12.7. The molecule has 1 aromatic heterocycles. The maximum Gasteiger partial charge on any atom is 0.232 e. The zero-order valence-electron chi connectivity index (χ0n) is 9.90. The molecule has 3 nitrogen and oxygen atoms in total. The first-order valence-electron chi connectivity index (χ1n) is 5.07. The minimum absolute atomic E-state index is 0.128. The predicted molar refractivity (Wildman–Crippen MR) is 73.1 cm³/mol. The Morgan fingerprint density at radius 3 is 3.06 bits per heavy atom. The smallest absolute Gasteiger partial charge is 0.232 e. The van der Waals surface area contributed by atoms with Gasteiger partial charge in [0.05, 0.1) is 12.3 Å². The maximum absolute atomic E-state index is 11.6. The van der Waals surface area contributed by atoms with Gasteiger partial charge in [-0.25, -0.2) is 0 Å². The van der Waals surface area contributed by atoms with Crippen LogP contribution in [-0.4, -0.2) is 41.6 Å². The Kier molecular flexibility index (Phi) is 6.12. The van der Waals surface area contributed by atoms with Crippen LogP contribution in [0.15, 0.2) is 11.4 Å². The number of carbonyl (C=O) groups is 1. The zero-order valence-corrected chi connectivity index (χ0v) is 11.5. The maximum atomic E-state index is 11.6. The average molecular weight is 269 g/mol. The van der Waals surface area contributed by atoms with Crippen LogP contribution in [0.3, 0.4) is 0 Å². The molecule has 0 aliphatic rings. The normalized spacial score (nSPS) is 9.59. The largest absolute Gasteiger partial charge is 0.384 e. The van der Waals surface area contributed by atoms with Crippen molar-refractivity contribution in [3.8, 4) is 11.8 Å². The number of nitrogens with zero attached hydrogens (tertiary/aromatic N) is 1. The lowest BCUT2D eigenvalue weighted by Crippen LogP contribution is -2.27. The number of amides is 1. The molecule has 0 aliphatic carbocycles. The molecule has 92 valence electrons. The Hall–Kier alpha value is -0.960. The second-order valence-corrected chi connectivity index (χ2v) is 5.31. The summed E-state index contributed by atoms with van der Waals surface area (Å²) in [6.07, 6.45) is 1.92. The van der Waals surface area contributed by atoms with Gasteiger partial charge in [0.1, 0.15) is 6.61 Å². The highest BCUT2D eigenvalue weighted by Crippen LogP contribution is 2.16. The minimum atomic E-state index is -0.128. The summed E-state index contributed by atoms with van der Waals surface area (Å²) in [6, 6.07) is 1.95. The molecule has 5 heteroatoms. The Bertz CT molecular complexity index is 431. The van der Waals surface area contributed by atoms with Gasteiger partial charge >= 0.3 is 0 Å². The molecule has 1 heterocycles. The molecule has 1 amide bonds. The number of hydrogen-bond acceptors (Lipinski definition) is 4. The second-order valence-electron chi connectivity index (χ2n) is 3.44. The monoisotopic (exact) mass is 269 g/mol. The predicted octanol–water partition coefficient (Wildman–Crippen LogP) is 1.41. The van der Waals surface area contributed by atoms with Crippen molar-refractivity contribution >= 4 is 29.0 Å². The van der Waals surface area contributed by atoms with E-state index >= 15 is 0 Å². The Balaban J connectivity index is 2.57. The van der Waals surface area contributed by atoms with Crippen LogP contribution in [0.1, 0.15) is 10.4 Å². The molecule has 0 bridgehead atoms. The molecule has 0 radical (unpaired) electrons. The second kappa shape index (κ2) is 7.38. The van der Waals surface area contributed by atoms with Crippen LogP contribution in [-0.2, 0) is 11.3 Å². The first-order chi connectivity index (χ1) is 8.17. The number of aliphatic hydroxyl groups is 1. The van der Waals surface area contributed by atoms with Crippen LogP contribution in [0.25, 0.3) is 0 Å². The summed E-state index contributed by atoms with van der Waals surface area (Å²) in [6.45, 7) is 0.488. The van der Waals surface area contributed by atoms with E-state index in [9.17, 15) is 4.79 Å². The van der Waals surface area contributed by atoms with Crippen molar-refractivity contribution in [2.75, 3.05) is 25.7 Å². The molecular weight excluding hydrogens is 254 g/mol. The number of thiophene rings is 1. The van der Waals surface area contributed by atoms with Crippen molar-refractivity contribution in [2.45, 2.75) is 6.54 Å². The van der Waals surface area contributed by atoms with E-state index in [1.54, 1.807) is 23.3 Å². The van der Waals surface area contributed by atoms with Gasteiger partial charge in [0.25, 0.3) is 0 Å². The molecule has 0 spiro atoms. The molecule has 0 unspecified atom stereocenters. The lowest BCUT2D eigenvalue weighted by molar-refractivity contribution is -0.127. The molecule has 17 heavy (non-hydrogen) atoms. The van der Waals surface area contributed by atoms with Crippen LogP contribution in [0, 0.1) is 11.8 Å². The van der Waals surface area contributed by atoms with Gasteiger partial charge in [0.2, 0.25) is 5.91 Å². The molecular formula is C12H15NO2S2. The third-order valence-corrected chi connectivity index (χ3v) is 3.51. The van der Waals surface area contributed by atoms with Gasteiger partial charge < -0.3 is 10.0 Å². The SMILES string of the molecule is CSCC(=O)N(C)Cc1cc(C#CCO)cs1. The molecule has 0 saturated heterocycles. The summed E-state index contributed by atoms with van der Waals surface area (Å²) in [5, 5.41) is 10.5. The fourth-order valence-corrected chi connectivity index (χ4v) is 2.56. The summed E-state index contributed by atoms with van der Waals surface area (Å²) in [4.78, 5) is 14.4. The van der Waals surface area contributed by atoms with Crippen molar-refractivity contribution in [3.05, 3.63) is 21.9 Å². The van der Waals surface area contributed by atoms with E-state index in [1.165, 1.54) is 11.8 Å². The van der Waals surface area contributed by atoms with E-state index in [4.69, 9.17) is 5.11 Å². The number of aliphatic hydroxyl groups excluding tert-OH is 1. The quantitative estimate of drug-likeness (QED) is 0.840. The van der Waals surface area contributed by atoms with E-state index in [0.29, 0.717) is 12.3 Å². The van der Waals surface area contributed by atoms with Crippen LogP contribution >= 0.6 is 23.1 Å². The van der Waals surface area contributed by atoms with Gasteiger partial charge in [-0.2, -0.15) is 11.8 Å². The fraction of sp³-hybridized carbons (Fsp3) is 0.417. The van der Waals surface area contributed by atoms with Crippen molar-refractivity contribution in [2.24, 2.45) is 0 Å². The Morgan fingerprint density at radius 2 is 2.41 bits per heavy atom. The molecule has 0 aromatic carbocycles. The fourth-order valence-electron chi connectivity index (χ4n) is 1.23. The summed E-state index contributed by atoms with van der Waals surface area (Å²) >= 11 is 3.11. The third-order valence-electron chi connectivity index (χ3n) is 2.05. The van der Waals surface area contributed by atoms with Crippen LogP contribution in [0.5, 0.6) is 0 Å².